The van der Waals surface area contributed by atoms with Gasteiger partial charge in [-0.15, -0.1) is 0 Å². The number of benzene rings is 1. The van der Waals surface area contributed by atoms with Crippen molar-refractivity contribution in [3.63, 3.8) is 0 Å². The molecule has 1 aromatic carbocycles. The minimum atomic E-state index is -0.819. The van der Waals surface area contributed by atoms with Crippen LogP contribution >= 0.6 is 0 Å². The Morgan fingerprint density at radius 2 is 2.14 bits per heavy atom. The molecule has 0 radical (unpaired) electrons. The van der Waals surface area contributed by atoms with Crippen LogP contribution in [0.25, 0.3) is 0 Å². The van der Waals surface area contributed by atoms with Crippen molar-refractivity contribution in [2.45, 2.75) is 26.2 Å². The van der Waals surface area contributed by atoms with Crippen molar-refractivity contribution in [1.82, 2.24) is 0 Å². The first-order chi connectivity index (χ1) is 6.50. The molecule has 0 heterocycles. The van der Waals surface area contributed by atoms with Crippen molar-refractivity contribution in [3.05, 3.63) is 29.3 Å². The summed E-state index contributed by atoms with van der Waals surface area (Å²) in [6.07, 6.45) is 0.0876. The van der Waals surface area contributed by atoms with Crippen LogP contribution < -0.4 is 0 Å². The van der Waals surface area contributed by atoms with Crippen LogP contribution in [-0.2, 0) is 4.79 Å². The fraction of sp³-hybridized carbons (Fsp3) is 0.364. The zero-order valence-electron chi connectivity index (χ0n) is 8.32. The van der Waals surface area contributed by atoms with Crippen molar-refractivity contribution in [2.24, 2.45) is 0 Å². The summed E-state index contributed by atoms with van der Waals surface area (Å²) >= 11 is 0. The van der Waals surface area contributed by atoms with E-state index in [9.17, 15) is 9.90 Å². The molecule has 0 aliphatic heterocycles. The molecule has 3 heteroatoms. The van der Waals surface area contributed by atoms with Crippen LogP contribution in [0.2, 0.25) is 0 Å². The molecule has 76 valence electrons. The van der Waals surface area contributed by atoms with Gasteiger partial charge in [0.1, 0.15) is 5.75 Å². The lowest BCUT2D eigenvalue weighted by atomic mass is 9.93. The SMILES string of the molecule is Cc1ccc(O)cc1C(C)CC(=O)O. The van der Waals surface area contributed by atoms with E-state index in [1.54, 1.807) is 18.2 Å². The minimum Gasteiger partial charge on any atom is -0.508 e. The Kier molecular flexibility index (Phi) is 3.12. The average molecular weight is 194 g/mol. The fourth-order valence-electron chi connectivity index (χ4n) is 1.53. The molecule has 0 fully saturated rings. The maximum Gasteiger partial charge on any atom is 0.303 e. The maximum absolute atomic E-state index is 10.5. The molecule has 1 rings (SSSR count). The lowest BCUT2D eigenvalue weighted by molar-refractivity contribution is -0.137. The second kappa shape index (κ2) is 4.13. The predicted octanol–water partition coefficient (Wildman–Crippen LogP) is 2.28. The summed E-state index contributed by atoms with van der Waals surface area (Å²) in [5.41, 5.74) is 1.91. The molecule has 0 spiro atoms. The quantitative estimate of drug-likeness (QED) is 0.776. The molecule has 0 aromatic heterocycles. The molecule has 0 bridgehead atoms. The highest BCUT2D eigenvalue weighted by atomic mass is 16.4. The van der Waals surface area contributed by atoms with Gasteiger partial charge in [-0.1, -0.05) is 13.0 Å². The first-order valence-corrected chi connectivity index (χ1v) is 4.52. The number of aromatic hydroxyl groups is 1. The molecule has 0 aliphatic rings. The van der Waals surface area contributed by atoms with Gasteiger partial charge >= 0.3 is 5.97 Å². The first-order valence-electron chi connectivity index (χ1n) is 4.52. The molecule has 0 amide bonds. The number of aryl methyl sites for hydroxylation is 1. The molecule has 14 heavy (non-hydrogen) atoms. The van der Waals surface area contributed by atoms with Gasteiger partial charge in [-0.2, -0.15) is 0 Å². The number of phenols is 1. The third-order valence-electron chi connectivity index (χ3n) is 2.27. The highest BCUT2D eigenvalue weighted by molar-refractivity contribution is 5.68. The number of carboxylic acid groups (broad SMARTS) is 1. The van der Waals surface area contributed by atoms with Crippen molar-refractivity contribution >= 4 is 5.97 Å². The van der Waals surface area contributed by atoms with Gasteiger partial charge in [0.05, 0.1) is 6.42 Å². The Morgan fingerprint density at radius 3 is 2.71 bits per heavy atom. The van der Waals surface area contributed by atoms with Gasteiger partial charge < -0.3 is 10.2 Å². The molecule has 0 saturated carbocycles. The molecule has 3 nitrogen and oxygen atoms in total. The number of carbonyl (C=O) groups is 1. The molecule has 1 atom stereocenters. The monoisotopic (exact) mass is 194 g/mol. The average Bonchev–Trinajstić information content (AvgIpc) is 2.08. The number of carboxylic acids is 1. The van der Waals surface area contributed by atoms with E-state index in [2.05, 4.69) is 0 Å². The van der Waals surface area contributed by atoms with Crippen LogP contribution in [0.5, 0.6) is 5.75 Å². The highest BCUT2D eigenvalue weighted by Crippen LogP contribution is 2.25. The molecule has 0 saturated heterocycles. The van der Waals surface area contributed by atoms with Crippen LogP contribution in [0.1, 0.15) is 30.4 Å². The van der Waals surface area contributed by atoms with E-state index >= 15 is 0 Å². The van der Waals surface area contributed by atoms with Gasteiger partial charge in [0.15, 0.2) is 0 Å². The molecule has 2 N–H and O–H groups in total. The van der Waals surface area contributed by atoms with Crippen LogP contribution in [0, 0.1) is 6.92 Å². The van der Waals surface area contributed by atoms with Gasteiger partial charge in [-0.25, -0.2) is 0 Å². The summed E-state index contributed by atoms with van der Waals surface area (Å²) in [5, 5.41) is 17.9. The summed E-state index contributed by atoms with van der Waals surface area (Å²) in [6, 6.07) is 5.03. The van der Waals surface area contributed by atoms with Gasteiger partial charge in [0.25, 0.3) is 0 Å². The van der Waals surface area contributed by atoms with Crippen LogP contribution in [0.3, 0.4) is 0 Å². The number of aliphatic carboxylic acids is 1. The van der Waals surface area contributed by atoms with Crippen LogP contribution in [-0.4, -0.2) is 16.2 Å². The molecular formula is C11H14O3. The Balaban J connectivity index is 2.93. The van der Waals surface area contributed by atoms with Crippen molar-refractivity contribution in [1.29, 1.82) is 0 Å². The first kappa shape index (κ1) is 10.6. The Morgan fingerprint density at radius 1 is 1.50 bits per heavy atom. The van der Waals surface area contributed by atoms with Crippen molar-refractivity contribution in [2.75, 3.05) is 0 Å². The Hall–Kier alpha value is -1.51. The van der Waals surface area contributed by atoms with E-state index in [1.807, 2.05) is 13.8 Å². The second-order valence-electron chi connectivity index (χ2n) is 3.54. The van der Waals surface area contributed by atoms with Gasteiger partial charge in [-0.05, 0) is 36.1 Å². The predicted molar refractivity (Wildman–Crippen MR) is 53.5 cm³/mol. The Bertz CT molecular complexity index is 344. The summed E-state index contributed by atoms with van der Waals surface area (Å²) in [7, 11) is 0. The number of hydrogen-bond donors (Lipinski definition) is 2. The number of rotatable bonds is 3. The summed E-state index contributed by atoms with van der Waals surface area (Å²) < 4.78 is 0. The van der Waals surface area contributed by atoms with Crippen molar-refractivity contribution in [3.8, 4) is 5.75 Å². The third-order valence-corrected chi connectivity index (χ3v) is 2.27. The van der Waals surface area contributed by atoms with E-state index in [4.69, 9.17) is 5.11 Å². The molecular weight excluding hydrogens is 180 g/mol. The molecule has 0 aliphatic carbocycles. The lowest BCUT2D eigenvalue weighted by Gasteiger charge is -2.12. The van der Waals surface area contributed by atoms with Gasteiger partial charge in [0.2, 0.25) is 0 Å². The zero-order valence-corrected chi connectivity index (χ0v) is 8.32. The van der Waals surface area contributed by atoms with E-state index < -0.39 is 5.97 Å². The smallest absolute Gasteiger partial charge is 0.303 e. The maximum atomic E-state index is 10.5. The van der Waals surface area contributed by atoms with E-state index in [0.717, 1.165) is 11.1 Å². The largest absolute Gasteiger partial charge is 0.508 e. The van der Waals surface area contributed by atoms with Gasteiger partial charge in [0, 0.05) is 0 Å². The second-order valence-corrected chi connectivity index (χ2v) is 3.54. The summed E-state index contributed by atoms with van der Waals surface area (Å²) in [4.78, 5) is 10.5. The van der Waals surface area contributed by atoms with Crippen LogP contribution in [0.4, 0.5) is 0 Å². The third kappa shape index (κ3) is 2.49. The van der Waals surface area contributed by atoms with Gasteiger partial charge in [-0.3, -0.25) is 4.79 Å². The van der Waals surface area contributed by atoms with Crippen LogP contribution in [0.15, 0.2) is 18.2 Å². The highest BCUT2D eigenvalue weighted by Gasteiger charge is 2.12. The Labute approximate surface area is 83.0 Å². The fourth-order valence-corrected chi connectivity index (χ4v) is 1.53. The molecule has 1 unspecified atom stereocenters. The number of hydrogen-bond acceptors (Lipinski definition) is 2. The summed E-state index contributed by atoms with van der Waals surface area (Å²) in [5.74, 6) is -0.706. The number of phenolic OH excluding ortho intramolecular Hbond substituents is 1. The normalized spacial score (nSPS) is 12.4. The van der Waals surface area contributed by atoms with E-state index in [1.165, 1.54) is 0 Å². The zero-order chi connectivity index (χ0) is 10.7. The standard InChI is InChI=1S/C11H14O3/c1-7-3-4-9(12)6-10(7)8(2)5-11(13)14/h3-4,6,8,12H,5H2,1-2H3,(H,13,14). The summed E-state index contributed by atoms with van der Waals surface area (Å²) in [6.45, 7) is 3.75. The van der Waals surface area contributed by atoms with Crippen molar-refractivity contribution < 1.29 is 15.0 Å². The van der Waals surface area contributed by atoms with E-state index in [0.29, 0.717) is 0 Å². The lowest BCUT2D eigenvalue weighted by Crippen LogP contribution is -2.04. The van der Waals surface area contributed by atoms with E-state index in [-0.39, 0.29) is 18.1 Å². The minimum absolute atomic E-state index is 0.0698. The molecule has 1 aromatic rings. The topological polar surface area (TPSA) is 57.5 Å².